The van der Waals surface area contributed by atoms with Gasteiger partial charge in [-0.1, -0.05) is 0 Å². The van der Waals surface area contributed by atoms with Crippen molar-refractivity contribution in [3.05, 3.63) is 0 Å². The second kappa shape index (κ2) is 4.99. The highest BCUT2D eigenvalue weighted by Crippen LogP contribution is 2.45. The van der Waals surface area contributed by atoms with Crippen molar-refractivity contribution < 1.29 is 9.47 Å². The molecule has 1 saturated carbocycles. The zero-order valence-corrected chi connectivity index (χ0v) is 13.2. The zero-order valence-electron chi connectivity index (χ0n) is 13.2. The Labute approximate surface area is 117 Å². The van der Waals surface area contributed by atoms with Crippen molar-refractivity contribution in [2.24, 2.45) is 11.7 Å². The van der Waals surface area contributed by atoms with Crippen LogP contribution in [0.3, 0.4) is 0 Å². The Hall–Kier alpha value is -0.160. The SMILES string of the molecule is COCC(CN)(C1CC1)N1CC(C)(C)OC(C)(C)C1. The lowest BCUT2D eigenvalue weighted by atomic mass is 9.86. The predicted molar refractivity (Wildman–Crippen MR) is 77.2 cm³/mol. The molecule has 0 aromatic rings. The summed E-state index contributed by atoms with van der Waals surface area (Å²) in [5.41, 5.74) is 5.91. The van der Waals surface area contributed by atoms with Crippen LogP contribution in [0.4, 0.5) is 0 Å². The first-order chi connectivity index (χ1) is 8.75. The number of nitrogens with two attached hydrogens (primary N) is 1. The third kappa shape index (κ3) is 3.13. The van der Waals surface area contributed by atoms with E-state index < -0.39 is 0 Å². The predicted octanol–water partition coefficient (Wildman–Crippen LogP) is 1.63. The molecule has 2 N–H and O–H groups in total. The minimum Gasteiger partial charge on any atom is -0.383 e. The van der Waals surface area contributed by atoms with E-state index in [9.17, 15) is 0 Å². The minimum atomic E-state index is -0.134. The Morgan fingerprint density at radius 1 is 1.21 bits per heavy atom. The first kappa shape index (κ1) is 15.2. The standard InChI is InChI=1S/C15H30N2O2/c1-13(2)9-17(10-14(3,4)19-13)15(8-16,11-18-5)12-6-7-12/h12H,6-11,16H2,1-5H3. The van der Waals surface area contributed by atoms with Gasteiger partial charge in [-0.05, 0) is 46.5 Å². The fourth-order valence-electron chi connectivity index (χ4n) is 3.80. The third-order valence-electron chi connectivity index (χ3n) is 4.41. The molecule has 0 amide bonds. The summed E-state index contributed by atoms with van der Waals surface area (Å²) in [6, 6.07) is 0. The van der Waals surface area contributed by atoms with Gasteiger partial charge in [-0.25, -0.2) is 0 Å². The van der Waals surface area contributed by atoms with Crippen molar-refractivity contribution in [3.63, 3.8) is 0 Å². The summed E-state index contributed by atoms with van der Waals surface area (Å²) >= 11 is 0. The van der Waals surface area contributed by atoms with Gasteiger partial charge in [0.25, 0.3) is 0 Å². The van der Waals surface area contributed by atoms with E-state index in [1.165, 1.54) is 12.8 Å². The van der Waals surface area contributed by atoms with E-state index in [1.807, 2.05) is 0 Å². The van der Waals surface area contributed by atoms with E-state index in [2.05, 4.69) is 32.6 Å². The van der Waals surface area contributed by atoms with Gasteiger partial charge in [0.2, 0.25) is 0 Å². The Kier molecular flexibility index (Phi) is 4.00. The van der Waals surface area contributed by atoms with Crippen LogP contribution in [0.5, 0.6) is 0 Å². The normalized spacial score (nSPS) is 30.0. The van der Waals surface area contributed by atoms with Crippen molar-refractivity contribution in [1.82, 2.24) is 4.90 Å². The van der Waals surface area contributed by atoms with Crippen LogP contribution in [-0.4, -0.2) is 55.0 Å². The monoisotopic (exact) mass is 270 g/mol. The van der Waals surface area contributed by atoms with Gasteiger partial charge in [-0.2, -0.15) is 0 Å². The summed E-state index contributed by atoms with van der Waals surface area (Å²) in [5.74, 6) is 0.683. The molecule has 19 heavy (non-hydrogen) atoms. The molecule has 0 spiro atoms. The van der Waals surface area contributed by atoms with Crippen LogP contribution in [0.1, 0.15) is 40.5 Å². The maximum atomic E-state index is 6.19. The number of ether oxygens (including phenoxy) is 2. The van der Waals surface area contributed by atoms with Crippen molar-refractivity contribution in [1.29, 1.82) is 0 Å². The maximum Gasteiger partial charge on any atom is 0.0761 e. The van der Waals surface area contributed by atoms with Crippen molar-refractivity contribution in [2.75, 3.05) is 33.4 Å². The molecule has 1 aliphatic carbocycles. The molecule has 0 aromatic heterocycles. The fourth-order valence-corrected chi connectivity index (χ4v) is 3.80. The highest BCUT2D eigenvalue weighted by Gasteiger charge is 2.53. The number of morpholine rings is 1. The quantitative estimate of drug-likeness (QED) is 0.825. The summed E-state index contributed by atoms with van der Waals surface area (Å²) in [4.78, 5) is 2.54. The fraction of sp³-hybridized carbons (Fsp3) is 1.00. The molecular formula is C15H30N2O2. The molecule has 4 heteroatoms. The Bertz CT molecular complexity index is 310. The summed E-state index contributed by atoms with van der Waals surface area (Å²) in [6.07, 6.45) is 2.55. The zero-order chi connectivity index (χ0) is 14.3. The van der Waals surface area contributed by atoms with Crippen molar-refractivity contribution in [2.45, 2.75) is 57.3 Å². The molecule has 2 fully saturated rings. The van der Waals surface area contributed by atoms with Gasteiger partial charge in [0.1, 0.15) is 0 Å². The largest absolute Gasteiger partial charge is 0.383 e. The number of hydrogen-bond acceptors (Lipinski definition) is 4. The number of rotatable bonds is 5. The summed E-state index contributed by atoms with van der Waals surface area (Å²) in [6.45, 7) is 11.9. The Morgan fingerprint density at radius 3 is 2.11 bits per heavy atom. The molecule has 2 aliphatic rings. The molecule has 112 valence electrons. The van der Waals surface area contributed by atoms with Crippen LogP contribution in [-0.2, 0) is 9.47 Å². The first-order valence-electron chi connectivity index (χ1n) is 7.39. The van der Waals surface area contributed by atoms with Crippen LogP contribution in [0.25, 0.3) is 0 Å². The second-order valence-electron chi connectivity index (χ2n) is 7.49. The van der Waals surface area contributed by atoms with Gasteiger partial charge in [-0.3, -0.25) is 4.90 Å². The van der Waals surface area contributed by atoms with Crippen molar-refractivity contribution >= 4 is 0 Å². The molecule has 1 atom stereocenters. The lowest BCUT2D eigenvalue weighted by Gasteiger charge is -2.54. The van der Waals surface area contributed by atoms with E-state index in [0.29, 0.717) is 12.5 Å². The van der Waals surface area contributed by atoms with E-state index in [1.54, 1.807) is 7.11 Å². The number of hydrogen-bond donors (Lipinski definition) is 1. The average molecular weight is 270 g/mol. The van der Waals surface area contributed by atoms with Gasteiger partial charge >= 0.3 is 0 Å². The molecular weight excluding hydrogens is 240 g/mol. The topological polar surface area (TPSA) is 47.7 Å². The van der Waals surface area contributed by atoms with E-state index in [0.717, 1.165) is 19.7 Å². The molecule has 1 saturated heterocycles. The third-order valence-corrected chi connectivity index (χ3v) is 4.41. The second-order valence-corrected chi connectivity index (χ2v) is 7.49. The van der Waals surface area contributed by atoms with Gasteiger partial charge in [-0.15, -0.1) is 0 Å². The summed E-state index contributed by atoms with van der Waals surface area (Å²) < 4.78 is 11.7. The highest BCUT2D eigenvalue weighted by atomic mass is 16.5. The Balaban J connectivity index is 2.25. The first-order valence-corrected chi connectivity index (χ1v) is 7.39. The molecule has 0 aromatic carbocycles. The van der Waals surface area contributed by atoms with E-state index in [-0.39, 0.29) is 16.7 Å². The van der Waals surface area contributed by atoms with Gasteiger partial charge in [0.15, 0.2) is 0 Å². The molecule has 0 radical (unpaired) electrons. The maximum absolute atomic E-state index is 6.19. The molecule has 1 unspecified atom stereocenters. The lowest BCUT2D eigenvalue weighted by Crippen LogP contribution is -2.68. The number of methoxy groups -OCH3 is 1. The smallest absolute Gasteiger partial charge is 0.0761 e. The van der Waals surface area contributed by atoms with E-state index in [4.69, 9.17) is 15.2 Å². The molecule has 2 rings (SSSR count). The number of nitrogens with zero attached hydrogens (tertiary/aromatic N) is 1. The van der Waals surface area contributed by atoms with Gasteiger partial charge in [0.05, 0.1) is 23.3 Å². The van der Waals surface area contributed by atoms with Crippen molar-refractivity contribution in [3.8, 4) is 0 Å². The molecule has 1 aliphatic heterocycles. The van der Waals surface area contributed by atoms with Gasteiger partial charge < -0.3 is 15.2 Å². The van der Waals surface area contributed by atoms with Crippen LogP contribution >= 0.6 is 0 Å². The van der Waals surface area contributed by atoms with Crippen LogP contribution in [0.2, 0.25) is 0 Å². The molecule has 0 bridgehead atoms. The van der Waals surface area contributed by atoms with Crippen LogP contribution in [0.15, 0.2) is 0 Å². The Morgan fingerprint density at radius 2 is 1.74 bits per heavy atom. The average Bonchev–Trinajstić information content (AvgIpc) is 3.05. The van der Waals surface area contributed by atoms with Crippen LogP contribution < -0.4 is 5.73 Å². The van der Waals surface area contributed by atoms with Gasteiger partial charge in [0, 0.05) is 26.7 Å². The summed E-state index contributed by atoms with van der Waals surface area (Å²) in [5, 5.41) is 0. The summed E-state index contributed by atoms with van der Waals surface area (Å²) in [7, 11) is 1.78. The van der Waals surface area contributed by atoms with Crippen LogP contribution in [0, 0.1) is 5.92 Å². The molecule has 4 nitrogen and oxygen atoms in total. The highest BCUT2D eigenvalue weighted by molar-refractivity contribution is 5.07. The molecule has 1 heterocycles. The minimum absolute atomic E-state index is 0.00687. The van der Waals surface area contributed by atoms with E-state index >= 15 is 0 Å². The lowest BCUT2D eigenvalue weighted by molar-refractivity contribution is -0.206.